The normalized spacial score (nSPS) is 25.4. The number of nitrogens with zero attached hydrogens (tertiary/aromatic N) is 1. The van der Waals surface area contributed by atoms with Crippen LogP contribution < -0.4 is 0 Å². The highest BCUT2D eigenvalue weighted by atomic mass is 32.1. The standard InChI is InChI=1S/C32H34FNO4S/c1-31(2,3)22-14-10-19(11-15-22)26-25(28(35)24-9-6-18-39-24)27(20-12-16-23(33)17-13-20)34(32(26,4)30(37)38)29(36)21-7-5-8-21/h6,9-18,21,25-27H,5,7-8H2,1-4H3,(H,37,38). The Hall–Kier alpha value is -3.32. The first-order valence-electron chi connectivity index (χ1n) is 13.4. The Kier molecular flexibility index (Phi) is 7.00. The Morgan fingerprint density at radius 3 is 2.08 bits per heavy atom. The van der Waals surface area contributed by atoms with Crippen molar-refractivity contribution in [2.24, 2.45) is 11.8 Å². The van der Waals surface area contributed by atoms with Crippen molar-refractivity contribution in [3.63, 3.8) is 0 Å². The fourth-order valence-electron chi connectivity index (χ4n) is 6.20. The van der Waals surface area contributed by atoms with Gasteiger partial charge in [0.15, 0.2) is 5.78 Å². The van der Waals surface area contributed by atoms with Crippen LogP contribution in [0.1, 0.15) is 85.3 Å². The summed E-state index contributed by atoms with van der Waals surface area (Å²) in [6.07, 6.45) is 2.29. The average Bonchev–Trinajstić information content (AvgIpc) is 3.48. The lowest BCUT2D eigenvalue weighted by atomic mass is 9.72. The second-order valence-electron chi connectivity index (χ2n) is 12.0. The lowest BCUT2D eigenvalue weighted by molar-refractivity contribution is -0.161. The van der Waals surface area contributed by atoms with E-state index in [1.165, 1.54) is 28.4 Å². The van der Waals surface area contributed by atoms with Crippen LogP contribution in [0, 0.1) is 17.7 Å². The van der Waals surface area contributed by atoms with Gasteiger partial charge < -0.3 is 10.0 Å². The molecule has 4 atom stereocenters. The molecule has 0 radical (unpaired) electrons. The highest BCUT2D eigenvalue weighted by molar-refractivity contribution is 7.12. The number of hydrogen-bond acceptors (Lipinski definition) is 4. The maximum Gasteiger partial charge on any atom is 0.330 e. The second-order valence-corrected chi connectivity index (χ2v) is 12.9. The van der Waals surface area contributed by atoms with Crippen molar-refractivity contribution in [1.29, 1.82) is 0 Å². The van der Waals surface area contributed by atoms with Gasteiger partial charge in [0.25, 0.3) is 0 Å². The molecule has 204 valence electrons. The Morgan fingerprint density at radius 2 is 1.59 bits per heavy atom. The van der Waals surface area contributed by atoms with Crippen LogP contribution in [-0.2, 0) is 15.0 Å². The van der Waals surface area contributed by atoms with E-state index in [-0.39, 0.29) is 23.0 Å². The van der Waals surface area contributed by atoms with Crippen LogP contribution in [-0.4, -0.2) is 33.2 Å². The molecule has 3 aromatic rings. The first kappa shape index (κ1) is 27.3. The molecule has 2 aliphatic rings. The number of amides is 1. The van der Waals surface area contributed by atoms with Gasteiger partial charge in [-0.25, -0.2) is 9.18 Å². The number of likely N-dealkylation sites (tertiary alicyclic amines) is 1. The van der Waals surface area contributed by atoms with Crippen molar-refractivity contribution in [2.75, 3.05) is 0 Å². The van der Waals surface area contributed by atoms with Gasteiger partial charge in [0, 0.05) is 11.8 Å². The number of aliphatic carboxylic acids is 1. The molecule has 0 spiro atoms. The predicted molar refractivity (Wildman–Crippen MR) is 149 cm³/mol. The van der Waals surface area contributed by atoms with Crippen molar-refractivity contribution in [3.05, 3.63) is 93.4 Å². The minimum Gasteiger partial charge on any atom is -0.479 e. The highest BCUT2D eigenvalue weighted by Crippen LogP contribution is 2.57. The molecule has 2 heterocycles. The molecule has 5 nitrogen and oxygen atoms in total. The zero-order chi connectivity index (χ0) is 28.1. The number of Topliss-reactive ketones (excluding diaryl/α,β-unsaturated/α-hetero) is 1. The number of hydrogen-bond donors (Lipinski definition) is 1. The first-order chi connectivity index (χ1) is 18.4. The summed E-state index contributed by atoms with van der Waals surface area (Å²) in [6, 6.07) is 16.2. The monoisotopic (exact) mass is 547 g/mol. The Balaban J connectivity index is 1.76. The zero-order valence-electron chi connectivity index (χ0n) is 22.7. The average molecular weight is 548 g/mol. The summed E-state index contributed by atoms with van der Waals surface area (Å²) in [4.78, 5) is 43.7. The topological polar surface area (TPSA) is 74.7 Å². The summed E-state index contributed by atoms with van der Waals surface area (Å²) in [6.45, 7) is 7.88. The van der Waals surface area contributed by atoms with Crippen LogP contribution in [0.2, 0.25) is 0 Å². The fourth-order valence-corrected chi connectivity index (χ4v) is 6.91. The SMILES string of the molecule is CC(C)(C)c1ccc(C2C(C(=O)c3cccs3)C(c3ccc(F)cc3)N(C(=O)C3CCC3)C2(C)C(=O)O)cc1. The third kappa shape index (κ3) is 4.61. The molecule has 5 rings (SSSR count). The molecule has 7 heteroatoms. The van der Waals surface area contributed by atoms with Crippen LogP contribution in [0.15, 0.2) is 66.0 Å². The minimum atomic E-state index is -1.70. The van der Waals surface area contributed by atoms with Crippen LogP contribution in [0.25, 0.3) is 0 Å². The van der Waals surface area contributed by atoms with E-state index >= 15 is 0 Å². The molecule has 39 heavy (non-hydrogen) atoms. The van der Waals surface area contributed by atoms with Gasteiger partial charge in [0.1, 0.15) is 11.4 Å². The lowest BCUT2D eigenvalue weighted by Crippen LogP contribution is -2.56. The van der Waals surface area contributed by atoms with Crippen molar-refractivity contribution < 1.29 is 23.9 Å². The number of benzene rings is 2. The van der Waals surface area contributed by atoms with E-state index in [4.69, 9.17) is 0 Å². The fraction of sp³-hybridized carbons (Fsp3) is 0.406. The van der Waals surface area contributed by atoms with Gasteiger partial charge in [-0.05, 0) is 65.4 Å². The summed E-state index contributed by atoms with van der Waals surface area (Å²) in [5.41, 5.74) is 0.519. The zero-order valence-corrected chi connectivity index (χ0v) is 23.5. The largest absolute Gasteiger partial charge is 0.479 e. The predicted octanol–water partition coefficient (Wildman–Crippen LogP) is 6.99. The number of thiophene rings is 1. The van der Waals surface area contributed by atoms with E-state index in [1.807, 2.05) is 29.6 Å². The van der Waals surface area contributed by atoms with Crippen LogP contribution in [0.4, 0.5) is 4.39 Å². The summed E-state index contributed by atoms with van der Waals surface area (Å²) >= 11 is 1.30. The van der Waals surface area contributed by atoms with E-state index in [0.29, 0.717) is 28.8 Å². The maximum absolute atomic E-state index is 14.3. The molecule has 1 aliphatic heterocycles. The van der Waals surface area contributed by atoms with Crippen LogP contribution in [0.5, 0.6) is 0 Å². The third-order valence-corrected chi connectivity index (χ3v) is 9.51. The Labute approximate surface area is 232 Å². The highest BCUT2D eigenvalue weighted by Gasteiger charge is 2.65. The van der Waals surface area contributed by atoms with E-state index in [1.54, 1.807) is 31.2 Å². The van der Waals surface area contributed by atoms with Crippen LogP contribution in [0.3, 0.4) is 0 Å². The molecule has 2 aromatic carbocycles. The van der Waals surface area contributed by atoms with Crippen molar-refractivity contribution >= 4 is 29.0 Å². The van der Waals surface area contributed by atoms with Gasteiger partial charge in [0.05, 0.1) is 16.8 Å². The van der Waals surface area contributed by atoms with Gasteiger partial charge >= 0.3 is 5.97 Å². The quantitative estimate of drug-likeness (QED) is 0.338. The summed E-state index contributed by atoms with van der Waals surface area (Å²) in [7, 11) is 0. The van der Waals surface area contributed by atoms with E-state index in [2.05, 4.69) is 20.8 Å². The molecule has 0 bridgehead atoms. The number of carboxylic acid groups (broad SMARTS) is 1. The van der Waals surface area contributed by atoms with Gasteiger partial charge in [-0.15, -0.1) is 11.3 Å². The molecule has 1 amide bonds. The van der Waals surface area contributed by atoms with Gasteiger partial charge in [-0.2, -0.15) is 0 Å². The molecule has 1 aromatic heterocycles. The van der Waals surface area contributed by atoms with Crippen molar-refractivity contribution in [3.8, 4) is 0 Å². The number of halogens is 1. The number of carboxylic acids is 1. The summed E-state index contributed by atoms with van der Waals surface area (Å²) < 4.78 is 14.0. The van der Waals surface area contributed by atoms with Gasteiger partial charge in [-0.3, -0.25) is 9.59 Å². The second kappa shape index (κ2) is 10.0. The van der Waals surface area contributed by atoms with E-state index in [9.17, 15) is 23.9 Å². The number of carbonyl (C=O) groups excluding carboxylic acids is 2. The molecule has 1 saturated heterocycles. The molecule has 1 aliphatic carbocycles. The maximum atomic E-state index is 14.3. The summed E-state index contributed by atoms with van der Waals surface area (Å²) in [5, 5.41) is 12.7. The van der Waals surface area contributed by atoms with Gasteiger partial charge in [0.2, 0.25) is 5.91 Å². The first-order valence-corrected chi connectivity index (χ1v) is 14.3. The molecular formula is C32H34FNO4S. The Bertz CT molecular complexity index is 1370. The van der Waals surface area contributed by atoms with E-state index in [0.717, 1.165) is 12.0 Å². The molecular weight excluding hydrogens is 513 g/mol. The van der Waals surface area contributed by atoms with Crippen molar-refractivity contribution in [2.45, 2.75) is 69.9 Å². The minimum absolute atomic E-state index is 0.112. The lowest BCUT2D eigenvalue weighted by Gasteiger charge is -2.41. The summed E-state index contributed by atoms with van der Waals surface area (Å²) in [5.74, 6) is -4.04. The molecule has 2 fully saturated rings. The number of ketones is 1. The third-order valence-electron chi connectivity index (χ3n) is 8.62. The van der Waals surface area contributed by atoms with Crippen LogP contribution >= 0.6 is 11.3 Å². The molecule has 1 saturated carbocycles. The molecule has 1 N–H and O–H groups in total. The smallest absolute Gasteiger partial charge is 0.330 e. The Morgan fingerprint density at radius 1 is 0.974 bits per heavy atom. The number of carbonyl (C=O) groups is 3. The van der Waals surface area contributed by atoms with Crippen molar-refractivity contribution in [1.82, 2.24) is 4.90 Å². The number of rotatable bonds is 6. The van der Waals surface area contributed by atoms with Gasteiger partial charge in [-0.1, -0.05) is 69.7 Å². The molecule has 4 unspecified atom stereocenters. The van der Waals surface area contributed by atoms with E-state index < -0.39 is 35.2 Å².